The molecule has 1 fully saturated rings. The molecule has 192 valence electrons. The van der Waals surface area contributed by atoms with Crippen molar-refractivity contribution in [1.29, 1.82) is 0 Å². The van der Waals surface area contributed by atoms with Crippen LogP contribution >= 0.6 is 24.0 Å². The molecule has 9 heteroatoms. The van der Waals surface area contributed by atoms with E-state index >= 15 is 0 Å². The van der Waals surface area contributed by atoms with Crippen molar-refractivity contribution in [3.63, 3.8) is 0 Å². The third kappa shape index (κ3) is 5.54. The van der Waals surface area contributed by atoms with E-state index in [4.69, 9.17) is 11.6 Å². The van der Waals surface area contributed by atoms with Gasteiger partial charge in [-0.1, -0.05) is 48.0 Å². The molecule has 0 unspecified atom stereocenters. The molecule has 0 spiro atoms. The Morgan fingerprint density at radius 3 is 1.89 bits per heavy atom. The lowest BCUT2D eigenvalue weighted by atomic mass is 10.1. The lowest BCUT2D eigenvalue weighted by Crippen LogP contribution is -2.46. The van der Waals surface area contributed by atoms with Gasteiger partial charge in [-0.05, 0) is 59.7 Å². The van der Waals surface area contributed by atoms with Crippen molar-refractivity contribution in [2.45, 2.75) is 6.18 Å². The van der Waals surface area contributed by atoms with Crippen molar-refractivity contribution < 1.29 is 18.0 Å². The molecule has 0 bridgehead atoms. The number of piperazine rings is 1. The molecular weight excluding hydrogens is 522 g/mol. The maximum absolute atomic E-state index is 14.0. The number of carbonyl (C=O) groups is 1. The van der Waals surface area contributed by atoms with Gasteiger partial charge in [-0.25, -0.2) is 0 Å². The van der Waals surface area contributed by atoms with Crippen LogP contribution in [0.1, 0.15) is 15.9 Å². The van der Waals surface area contributed by atoms with Gasteiger partial charge in [0.05, 0.1) is 22.6 Å². The van der Waals surface area contributed by atoms with Crippen LogP contribution in [0, 0.1) is 0 Å². The number of alkyl halides is 3. The fourth-order valence-electron chi connectivity index (χ4n) is 4.51. The predicted molar refractivity (Wildman–Crippen MR) is 143 cm³/mol. The van der Waals surface area contributed by atoms with Gasteiger partial charge in [-0.3, -0.25) is 4.79 Å². The SMILES string of the molecule is Cl.O=C(c1ccc(-c2ccc(-c3ccc(Cl)cc3)n2-c2ccccc2C(F)(F)F)cc1)N1CCNCC1. The van der Waals surface area contributed by atoms with Crippen molar-refractivity contribution in [3.8, 4) is 28.2 Å². The van der Waals surface area contributed by atoms with Crippen LogP contribution in [-0.4, -0.2) is 41.6 Å². The Morgan fingerprint density at radius 1 is 0.784 bits per heavy atom. The predicted octanol–water partition coefficient (Wildman–Crippen LogP) is 6.95. The number of aromatic nitrogens is 1. The van der Waals surface area contributed by atoms with E-state index in [2.05, 4.69) is 5.32 Å². The zero-order valence-electron chi connectivity index (χ0n) is 19.6. The lowest BCUT2D eigenvalue weighted by molar-refractivity contribution is -0.137. The third-order valence-electron chi connectivity index (χ3n) is 6.30. The van der Waals surface area contributed by atoms with Gasteiger partial charge in [0, 0.05) is 36.8 Å². The Bertz CT molecular complexity index is 1380. The average molecular weight is 546 g/mol. The van der Waals surface area contributed by atoms with E-state index < -0.39 is 11.7 Å². The molecule has 1 aromatic heterocycles. The van der Waals surface area contributed by atoms with E-state index in [1.165, 1.54) is 12.1 Å². The molecule has 1 saturated heterocycles. The Morgan fingerprint density at radius 2 is 1.32 bits per heavy atom. The standard InChI is InChI=1S/C28H23ClF3N3O.ClH/c29-22-11-9-20(10-12-22)25-14-13-24(35(25)26-4-2-1-3-23(26)28(30,31)32)19-5-7-21(8-6-19)27(36)34-17-15-33-16-18-34;/h1-14,33H,15-18H2;1H. The van der Waals surface area contributed by atoms with Crippen LogP contribution in [0.25, 0.3) is 28.2 Å². The molecule has 1 aliphatic rings. The summed E-state index contributed by atoms with van der Waals surface area (Å²) in [5.74, 6) is -0.0531. The molecule has 0 radical (unpaired) electrons. The minimum absolute atomic E-state index is 0. The minimum Gasteiger partial charge on any atom is -0.336 e. The van der Waals surface area contributed by atoms with Crippen LogP contribution in [0.4, 0.5) is 13.2 Å². The molecule has 1 aliphatic heterocycles. The van der Waals surface area contributed by atoms with Crippen LogP contribution < -0.4 is 5.32 Å². The Balaban J connectivity index is 0.00000320. The maximum atomic E-state index is 14.0. The summed E-state index contributed by atoms with van der Waals surface area (Å²) in [6.07, 6.45) is -4.53. The van der Waals surface area contributed by atoms with Crippen LogP contribution in [0.15, 0.2) is 84.9 Å². The normalized spacial score (nSPS) is 13.8. The van der Waals surface area contributed by atoms with Gasteiger partial charge in [0.15, 0.2) is 0 Å². The average Bonchev–Trinajstić information content (AvgIpc) is 3.34. The largest absolute Gasteiger partial charge is 0.418 e. The van der Waals surface area contributed by atoms with Crippen LogP contribution in [-0.2, 0) is 6.18 Å². The number of nitrogens with one attached hydrogen (secondary N) is 1. The first-order chi connectivity index (χ1) is 17.3. The summed E-state index contributed by atoms with van der Waals surface area (Å²) in [4.78, 5) is 14.7. The van der Waals surface area contributed by atoms with Gasteiger partial charge in [-0.15, -0.1) is 12.4 Å². The molecule has 3 aromatic carbocycles. The fourth-order valence-corrected chi connectivity index (χ4v) is 4.64. The van der Waals surface area contributed by atoms with E-state index in [0.717, 1.165) is 24.7 Å². The summed E-state index contributed by atoms with van der Waals surface area (Å²) in [6.45, 7) is 2.79. The first kappa shape index (κ1) is 26.8. The quantitative estimate of drug-likeness (QED) is 0.301. The number of rotatable bonds is 4. The number of nitrogens with zero attached hydrogens (tertiary/aromatic N) is 2. The van der Waals surface area contributed by atoms with Crippen LogP contribution in [0.3, 0.4) is 0 Å². The molecule has 0 atom stereocenters. The third-order valence-corrected chi connectivity index (χ3v) is 6.56. The molecule has 4 nitrogen and oxygen atoms in total. The number of carbonyl (C=O) groups excluding carboxylic acids is 1. The second kappa shape index (κ2) is 11.0. The van der Waals surface area contributed by atoms with Crippen molar-refractivity contribution in [3.05, 3.63) is 101 Å². The van der Waals surface area contributed by atoms with Gasteiger partial charge in [-0.2, -0.15) is 13.2 Å². The number of amides is 1. The molecule has 5 rings (SSSR count). The van der Waals surface area contributed by atoms with Crippen molar-refractivity contribution >= 4 is 29.9 Å². The highest BCUT2D eigenvalue weighted by Gasteiger charge is 2.34. The van der Waals surface area contributed by atoms with Gasteiger partial charge in [0.1, 0.15) is 0 Å². The van der Waals surface area contributed by atoms with E-state index in [9.17, 15) is 18.0 Å². The first-order valence-corrected chi connectivity index (χ1v) is 12.0. The smallest absolute Gasteiger partial charge is 0.336 e. The number of para-hydroxylation sites is 1. The molecule has 37 heavy (non-hydrogen) atoms. The molecule has 4 aromatic rings. The molecular formula is C28H24Cl2F3N3O. The van der Waals surface area contributed by atoms with Crippen LogP contribution in [0.2, 0.25) is 5.02 Å². The minimum atomic E-state index is -4.53. The molecule has 0 saturated carbocycles. The highest BCUT2D eigenvalue weighted by molar-refractivity contribution is 6.30. The Labute approximate surface area is 224 Å². The number of hydrogen-bond acceptors (Lipinski definition) is 2. The van der Waals surface area contributed by atoms with E-state index in [1.54, 1.807) is 76.2 Å². The number of halogens is 5. The lowest BCUT2D eigenvalue weighted by Gasteiger charge is -2.27. The van der Waals surface area contributed by atoms with E-state index in [1.807, 2.05) is 0 Å². The number of benzene rings is 3. The first-order valence-electron chi connectivity index (χ1n) is 11.6. The molecule has 0 aliphatic carbocycles. The Hall–Kier alpha value is -3.26. The summed E-state index contributed by atoms with van der Waals surface area (Å²) in [6, 6.07) is 23.1. The second-order valence-corrected chi connectivity index (χ2v) is 9.02. The van der Waals surface area contributed by atoms with Crippen molar-refractivity contribution in [1.82, 2.24) is 14.8 Å². The topological polar surface area (TPSA) is 37.3 Å². The zero-order valence-corrected chi connectivity index (χ0v) is 21.2. The van der Waals surface area contributed by atoms with Gasteiger partial charge >= 0.3 is 6.18 Å². The molecule has 1 amide bonds. The van der Waals surface area contributed by atoms with E-state index in [-0.39, 0.29) is 24.0 Å². The maximum Gasteiger partial charge on any atom is 0.418 e. The summed E-state index contributed by atoms with van der Waals surface area (Å²) < 4.78 is 43.6. The summed E-state index contributed by atoms with van der Waals surface area (Å²) >= 11 is 6.05. The van der Waals surface area contributed by atoms with Crippen molar-refractivity contribution in [2.75, 3.05) is 26.2 Å². The van der Waals surface area contributed by atoms with Gasteiger partial charge in [0.25, 0.3) is 5.91 Å². The fraction of sp³-hybridized carbons (Fsp3) is 0.179. The zero-order chi connectivity index (χ0) is 25.3. The summed E-state index contributed by atoms with van der Waals surface area (Å²) in [5, 5.41) is 3.76. The Kier molecular flexibility index (Phi) is 7.97. The van der Waals surface area contributed by atoms with E-state index in [0.29, 0.717) is 40.6 Å². The molecule has 1 N–H and O–H groups in total. The highest BCUT2D eigenvalue weighted by Crippen LogP contribution is 2.39. The molecule has 2 heterocycles. The highest BCUT2D eigenvalue weighted by atomic mass is 35.5. The van der Waals surface area contributed by atoms with Gasteiger partial charge in [0.2, 0.25) is 0 Å². The van der Waals surface area contributed by atoms with Crippen molar-refractivity contribution in [2.24, 2.45) is 0 Å². The number of hydrogen-bond donors (Lipinski definition) is 1. The summed E-state index contributed by atoms with van der Waals surface area (Å²) in [7, 11) is 0. The van der Waals surface area contributed by atoms with Gasteiger partial charge < -0.3 is 14.8 Å². The monoisotopic (exact) mass is 545 g/mol. The second-order valence-electron chi connectivity index (χ2n) is 8.58. The summed E-state index contributed by atoms with van der Waals surface area (Å²) in [5.41, 5.74) is 2.45. The van der Waals surface area contributed by atoms with Crippen LogP contribution in [0.5, 0.6) is 0 Å².